The van der Waals surface area contributed by atoms with Gasteiger partial charge in [0.15, 0.2) is 0 Å². The summed E-state index contributed by atoms with van der Waals surface area (Å²) < 4.78 is 4.83. The number of rotatable bonds is 2. The molecule has 114 valence electrons. The molecule has 0 unspecified atom stereocenters. The maximum atomic E-state index is 3.59. The van der Waals surface area contributed by atoms with E-state index in [-0.39, 0.29) is 12.4 Å². The normalized spacial score (nSPS) is 13.3. The Hall–Kier alpha value is -2.00. The predicted molar refractivity (Wildman–Crippen MR) is 85.5 cm³/mol. The van der Waals surface area contributed by atoms with Crippen molar-refractivity contribution in [2.45, 2.75) is 26.4 Å². The third-order valence-electron chi connectivity index (χ3n) is 4.41. The van der Waals surface area contributed by atoms with Gasteiger partial charge in [-0.05, 0) is 30.2 Å². The minimum atomic E-state index is 0. The van der Waals surface area contributed by atoms with E-state index in [2.05, 4.69) is 69.9 Å². The fourth-order valence-electron chi connectivity index (χ4n) is 3.27. The third-order valence-corrected chi connectivity index (χ3v) is 4.41. The minimum Gasteiger partial charge on any atom is -1.00 e. The average Bonchev–Trinajstić information content (AvgIpc) is 2.85. The number of imidazole rings is 1. The molecule has 0 aliphatic carbocycles. The maximum absolute atomic E-state index is 3.59. The second-order valence-electron chi connectivity index (χ2n) is 5.76. The van der Waals surface area contributed by atoms with Gasteiger partial charge in [0.05, 0.1) is 19.6 Å². The van der Waals surface area contributed by atoms with Crippen molar-refractivity contribution in [3.8, 4) is 0 Å². The van der Waals surface area contributed by atoms with Crippen molar-refractivity contribution in [1.29, 1.82) is 0 Å². The molecule has 1 aromatic heterocycles. The summed E-state index contributed by atoms with van der Waals surface area (Å²) in [6.07, 6.45) is 1.19. The first-order chi connectivity index (χ1) is 10.3. The molecule has 3 nitrogen and oxygen atoms in total. The van der Waals surface area contributed by atoms with E-state index in [0.717, 1.165) is 19.6 Å². The second kappa shape index (κ2) is 6.01. The largest absolute Gasteiger partial charge is 1.00 e. The molecule has 0 atom stereocenters. The monoisotopic (exact) mass is 313 g/mol. The van der Waals surface area contributed by atoms with Gasteiger partial charge in [-0.25, -0.2) is 9.13 Å². The standard InChI is InChI=1S/C18H19N3.ClH/c1-14-7-2-3-8-15(14)13-21-17-10-5-4-9-16(17)20-12-6-11-19-18(20)21;/h2-5,7-10H,6,11-13H2,1H3;1H. The van der Waals surface area contributed by atoms with E-state index in [4.69, 9.17) is 0 Å². The number of nitrogens with one attached hydrogen (secondary N) is 1. The van der Waals surface area contributed by atoms with Crippen LogP contribution in [0.2, 0.25) is 0 Å². The van der Waals surface area contributed by atoms with E-state index in [1.807, 2.05) is 0 Å². The molecule has 0 radical (unpaired) electrons. The topological polar surface area (TPSA) is 20.8 Å². The van der Waals surface area contributed by atoms with Crippen molar-refractivity contribution in [3.05, 3.63) is 59.7 Å². The first kappa shape index (κ1) is 14.9. The van der Waals surface area contributed by atoms with Crippen molar-refractivity contribution in [2.24, 2.45) is 0 Å². The van der Waals surface area contributed by atoms with Crippen LogP contribution in [0.15, 0.2) is 48.5 Å². The molecular formula is C18H20ClN3. The zero-order chi connectivity index (χ0) is 14.2. The first-order valence-corrected chi connectivity index (χ1v) is 7.64. The molecule has 0 fully saturated rings. The lowest BCUT2D eigenvalue weighted by Crippen LogP contribution is -3.00. The van der Waals surface area contributed by atoms with Crippen molar-refractivity contribution < 1.29 is 17.0 Å². The number of nitrogens with zero attached hydrogens (tertiary/aromatic N) is 2. The van der Waals surface area contributed by atoms with E-state index in [0.29, 0.717) is 0 Å². The van der Waals surface area contributed by atoms with Gasteiger partial charge in [-0.1, -0.05) is 36.4 Å². The van der Waals surface area contributed by atoms with Crippen LogP contribution in [0.4, 0.5) is 5.95 Å². The summed E-state index contributed by atoms with van der Waals surface area (Å²) >= 11 is 0. The number of hydrogen-bond donors (Lipinski definition) is 1. The molecule has 1 aliphatic rings. The van der Waals surface area contributed by atoms with Gasteiger partial charge in [-0.3, -0.25) is 5.32 Å². The van der Waals surface area contributed by atoms with Crippen LogP contribution >= 0.6 is 0 Å². The Bertz CT molecular complexity index is 807. The molecule has 4 heteroatoms. The Labute approximate surface area is 137 Å². The van der Waals surface area contributed by atoms with Crippen LogP contribution in [0, 0.1) is 6.92 Å². The van der Waals surface area contributed by atoms with E-state index in [1.165, 1.54) is 34.5 Å². The van der Waals surface area contributed by atoms with Crippen LogP contribution in [0.25, 0.3) is 11.0 Å². The summed E-state index contributed by atoms with van der Waals surface area (Å²) in [6, 6.07) is 17.3. The smallest absolute Gasteiger partial charge is 0.358 e. The van der Waals surface area contributed by atoms with Crippen molar-refractivity contribution in [2.75, 3.05) is 11.9 Å². The van der Waals surface area contributed by atoms with Crippen LogP contribution in [-0.2, 0) is 13.1 Å². The Morgan fingerprint density at radius 2 is 1.86 bits per heavy atom. The highest BCUT2D eigenvalue weighted by atomic mass is 35.5. The van der Waals surface area contributed by atoms with Gasteiger partial charge >= 0.3 is 5.95 Å². The van der Waals surface area contributed by atoms with Crippen LogP contribution in [0.1, 0.15) is 17.5 Å². The van der Waals surface area contributed by atoms with Gasteiger partial charge in [0.2, 0.25) is 0 Å². The third kappa shape index (κ3) is 2.35. The van der Waals surface area contributed by atoms with Crippen molar-refractivity contribution >= 4 is 17.0 Å². The van der Waals surface area contributed by atoms with Gasteiger partial charge in [0.25, 0.3) is 0 Å². The maximum Gasteiger partial charge on any atom is 0.358 e. The zero-order valence-corrected chi connectivity index (χ0v) is 13.5. The summed E-state index contributed by atoms with van der Waals surface area (Å²) in [5.41, 5.74) is 5.37. The molecule has 1 aliphatic heterocycles. The molecule has 1 N–H and O–H groups in total. The molecule has 3 aromatic rings. The van der Waals surface area contributed by atoms with E-state index >= 15 is 0 Å². The van der Waals surface area contributed by atoms with Crippen LogP contribution in [-0.4, -0.2) is 11.1 Å². The number of aromatic nitrogens is 2. The van der Waals surface area contributed by atoms with Crippen molar-refractivity contribution in [1.82, 2.24) is 4.57 Å². The lowest BCUT2D eigenvalue weighted by atomic mass is 10.1. The molecule has 0 spiro atoms. The molecular weight excluding hydrogens is 294 g/mol. The van der Waals surface area contributed by atoms with Gasteiger partial charge in [0.1, 0.15) is 11.0 Å². The number of fused-ring (bicyclic) bond motifs is 3. The Kier molecular flexibility index (Phi) is 4.08. The molecule has 4 rings (SSSR count). The lowest BCUT2D eigenvalue weighted by molar-refractivity contribution is -0.661. The SMILES string of the molecule is Cc1ccccc1Cn1c2[n+](c3ccccc31)CCCN2.[Cl-]. The van der Waals surface area contributed by atoms with E-state index < -0.39 is 0 Å². The van der Waals surface area contributed by atoms with Crippen LogP contribution < -0.4 is 22.3 Å². The molecule has 0 bridgehead atoms. The summed E-state index contributed by atoms with van der Waals surface area (Å²) in [6.45, 7) is 5.27. The quantitative estimate of drug-likeness (QED) is 0.666. The van der Waals surface area contributed by atoms with Gasteiger partial charge < -0.3 is 12.4 Å². The number of anilines is 1. The highest BCUT2D eigenvalue weighted by Gasteiger charge is 2.26. The fraction of sp³-hybridized carbons (Fsp3) is 0.278. The lowest BCUT2D eigenvalue weighted by Gasteiger charge is -2.12. The fourth-order valence-corrected chi connectivity index (χ4v) is 3.27. The van der Waals surface area contributed by atoms with Gasteiger partial charge in [-0.15, -0.1) is 0 Å². The summed E-state index contributed by atoms with van der Waals surface area (Å²) in [5.74, 6) is 1.24. The van der Waals surface area contributed by atoms with E-state index in [1.54, 1.807) is 0 Å². The van der Waals surface area contributed by atoms with Gasteiger partial charge in [-0.2, -0.15) is 0 Å². The number of halogens is 1. The second-order valence-corrected chi connectivity index (χ2v) is 5.76. The van der Waals surface area contributed by atoms with Crippen molar-refractivity contribution in [3.63, 3.8) is 0 Å². The number of hydrogen-bond acceptors (Lipinski definition) is 1. The summed E-state index contributed by atoms with van der Waals surface area (Å²) in [5, 5.41) is 3.59. The molecule has 2 heterocycles. The number of aryl methyl sites for hydroxylation is 2. The number of benzene rings is 2. The highest BCUT2D eigenvalue weighted by molar-refractivity contribution is 5.74. The Morgan fingerprint density at radius 3 is 2.73 bits per heavy atom. The molecule has 22 heavy (non-hydrogen) atoms. The Balaban J connectivity index is 0.00000144. The van der Waals surface area contributed by atoms with Gasteiger partial charge in [0, 0.05) is 6.42 Å². The summed E-state index contributed by atoms with van der Waals surface area (Å²) in [4.78, 5) is 0. The van der Waals surface area contributed by atoms with E-state index in [9.17, 15) is 0 Å². The highest BCUT2D eigenvalue weighted by Crippen LogP contribution is 2.22. The molecule has 0 amide bonds. The first-order valence-electron chi connectivity index (χ1n) is 7.64. The predicted octanol–water partition coefficient (Wildman–Crippen LogP) is 0.105. The average molecular weight is 314 g/mol. The molecule has 0 saturated heterocycles. The summed E-state index contributed by atoms with van der Waals surface area (Å²) in [7, 11) is 0. The molecule has 0 saturated carbocycles. The van der Waals surface area contributed by atoms with Crippen LogP contribution in [0.5, 0.6) is 0 Å². The molecule has 2 aromatic carbocycles. The minimum absolute atomic E-state index is 0. The zero-order valence-electron chi connectivity index (χ0n) is 12.7. The van der Waals surface area contributed by atoms with Crippen LogP contribution in [0.3, 0.4) is 0 Å². The Morgan fingerprint density at radius 1 is 1.09 bits per heavy atom. The number of para-hydroxylation sites is 2.